The van der Waals surface area contributed by atoms with Crippen LogP contribution in [0.1, 0.15) is 51.8 Å². The molecule has 0 spiro atoms. The van der Waals surface area contributed by atoms with E-state index in [1.165, 1.54) is 25.7 Å². The fourth-order valence-corrected chi connectivity index (χ4v) is 1.89. The number of nitrogens with zero attached hydrogens (tertiary/aromatic N) is 2. The second kappa shape index (κ2) is 10.4. The lowest BCUT2D eigenvalue weighted by atomic mass is 10.2. The molecular weight excluding hydrogens is 254 g/mol. The molecule has 114 valence electrons. The monoisotopic (exact) mass is 281 g/mol. The van der Waals surface area contributed by atoms with Gasteiger partial charge in [0.25, 0.3) is 0 Å². The Balaban J connectivity index is 2.46. The summed E-state index contributed by atoms with van der Waals surface area (Å²) in [5.74, 6) is 2.06. The minimum atomic E-state index is 0.395. The predicted octanol–water partition coefficient (Wildman–Crippen LogP) is 3.40. The van der Waals surface area contributed by atoms with Crippen LogP contribution in [-0.4, -0.2) is 30.2 Å². The van der Waals surface area contributed by atoms with E-state index in [-0.39, 0.29) is 0 Å². The van der Waals surface area contributed by atoms with E-state index in [0.29, 0.717) is 24.9 Å². The largest absolute Gasteiger partial charge is 0.478 e. The van der Waals surface area contributed by atoms with Gasteiger partial charge in [0.2, 0.25) is 5.88 Å². The van der Waals surface area contributed by atoms with Crippen molar-refractivity contribution in [3.63, 3.8) is 0 Å². The highest BCUT2D eigenvalue weighted by atomic mass is 16.5. The summed E-state index contributed by atoms with van der Waals surface area (Å²) in [5, 5.41) is 3.18. The number of aromatic nitrogens is 2. The molecule has 5 nitrogen and oxygen atoms in total. The molecule has 0 aromatic carbocycles. The van der Waals surface area contributed by atoms with Crippen molar-refractivity contribution in [1.82, 2.24) is 9.97 Å². The molecule has 1 aromatic rings. The van der Waals surface area contributed by atoms with Crippen molar-refractivity contribution in [3.8, 4) is 5.88 Å². The smallest absolute Gasteiger partial charge is 0.218 e. The number of rotatable bonds is 11. The molecule has 0 saturated carbocycles. The molecule has 1 rings (SSSR count). The van der Waals surface area contributed by atoms with Crippen LogP contribution in [0.4, 0.5) is 5.82 Å². The number of methoxy groups -OCH3 is 1. The van der Waals surface area contributed by atoms with Crippen LogP contribution < -0.4 is 10.1 Å². The average Bonchev–Trinajstić information content (AvgIpc) is 2.43. The molecule has 0 unspecified atom stereocenters. The van der Waals surface area contributed by atoms with E-state index in [1.807, 2.05) is 13.0 Å². The van der Waals surface area contributed by atoms with Crippen LogP contribution in [0.5, 0.6) is 5.88 Å². The molecule has 1 N–H and O–H groups in total. The van der Waals surface area contributed by atoms with Crippen LogP contribution in [0.2, 0.25) is 0 Å². The number of nitrogens with one attached hydrogen (secondary N) is 1. The molecule has 0 saturated heterocycles. The number of hydrogen-bond acceptors (Lipinski definition) is 5. The van der Waals surface area contributed by atoms with Crippen LogP contribution in [0, 0.1) is 0 Å². The number of unbranched alkanes of at least 4 members (excludes halogenated alkanes) is 4. The second-order valence-electron chi connectivity index (χ2n) is 4.73. The summed E-state index contributed by atoms with van der Waals surface area (Å²) in [7, 11) is 1.64. The fraction of sp³-hybridized carbons (Fsp3) is 0.733. The number of hydrogen-bond donors (Lipinski definition) is 1. The van der Waals surface area contributed by atoms with Crippen LogP contribution in [0.15, 0.2) is 6.07 Å². The third kappa shape index (κ3) is 6.70. The van der Waals surface area contributed by atoms with Gasteiger partial charge in [0, 0.05) is 19.7 Å². The first-order valence-corrected chi connectivity index (χ1v) is 7.53. The fourth-order valence-electron chi connectivity index (χ4n) is 1.89. The number of ether oxygens (including phenoxy) is 2. The van der Waals surface area contributed by atoms with Gasteiger partial charge in [-0.15, -0.1) is 0 Å². The first-order chi connectivity index (χ1) is 9.80. The SMILES string of the molecule is CCCCCCCOc1cc(NCC)nc(COC)n1. The van der Waals surface area contributed by atoms with Gasteiger partial charge >= 0.3 is 0 Å². The Kier molecular flexibility index (Phi) is 8.71. The molecule has 0 radical (unpaired) electrons. The summed E-state index contributed by atoms with van der Waals surface area (Å²) >= 11 is 0. The standard InChI is InChI=1S/C15H27N3O2/c1-4-6-7-8-9-10-20-15-11-13(16-5-2)17-14(18-15)12-19-3/h11H,4-10,12H2,1-3H3,(H,16,17,18). The van der Waals surface area contributed by atoms with Crippen molar-refractivity contribution in [3.05, 3.63) is 11.9 Å². The maximum Gasteiger partial charge on any atom is 0.218 e. The van der Waals surface area contributed by atoms with Crippen LogP contribution in [0.25, 0.3) is 0 Å². The summed E-state index contributed by atoms with van der Waals surface area (Å²) in [5.41, 5.74) is 0. The summed E-state index contributed by atoms with van der Waals surface area (Å²) in [6.45, 7) is 6.17. The Morgan fingerprint density at radius 3 is 2.60 bits per heavy atom. The van der Waals surface area contributed by atoms with Gasteiger partial charge in [0.05, 0.1) is 6.61 Å². The zero-order valence-electron chi connectivity index (χ0n) is 12.9. The minimum absolute atomic E-state index is 0.395. The third-order valence-corrected chi connectivity index (χ3v) is 2.88. The Morgan fingerprint density at radius 2 is 1.90 bits per heavy atom. The summed E-state index contributed by atoms with van der Waals surface area (Å²) in [6.07, 6.45) is 6.13. The minimum Gasteiger partial charge on any atom is -0.478 e. The lowest BCUT2D eigenvalue weighted by molar-refractivity contribution is 0.176. The van der Waals surface area contributed by atoms with Gasteiger partial charge in [0.15, 0.2) is 5.82 Å². The molecule has 5 heteroatoms. The highest BCUT2D eigenvalue weighted by molar-refractivity contribution is 5.38. The van der Waals surface area contributed by atoms with E-state index in [1.54, 1.807) is 7.11 Å². The van der Waals surface area contributed by atoms with E-state index in [0.717, 1.165) is 18.8 Å². The number of anilines is 1. The van der Waals surface area contributed by atoms with Crippen molar-refractivity contribution >= 4 is 5.82 Å². The quantitative estimate of drug-likeness (QED) is 0.630. The lowest BCUT2D eigenvalue weighted by Gasteiger charge is -2.10. The lowest BCUT2D eigenvalue weighted by Crippen LogP contribution is -2.07. The molecule has 1 heterocycles. The van der Waals surface area contributed by atoms with Crippen molar-refractivity contribution < 1.29 is 9.47 Å². The summed E-state index contributed by atoms with van der Waals surface area (Å²) in [4.78, 5) is 8.70. The first-order valence-electron chi connectivity index (χ1n) is 7.53. The normalized spacial score (nSPS) is 10.6. The Labute approximate surface area is 122 Å². The van der Waals surface area contributed by atoms with E-state index in [2.05, 4.69) is 22.2 Å². The van der Waals surface area contributed by atoms with Crippen LogP contribution >= 0.6 is 0 Å². The van der Waals surface area contributed by atoms with Gasteiger partial charge in [-0.3, -0.25) is 0 Å². The molecule has 0 bridgehead atoms. The molecular formula is C15H27N3O2. The molecule has 20 heavy (non-hydrogen) atoms. The van der Waals surface area contributed by atoms with E-state index in [4.69, 9.17) is 9.47 Å². The van der Waals surface area contributed by atoms with Crippen LogP contribution in [0.3, 0.4) is 0 Å². The topological polar surface area (TPSA) is 56.3 Å². The molecule has 1 aromatic heterocycles. The van der Waals surface area contributed by atoms with Gasteiger partial charge in [-0.25, -0.2) is 4.98 Å². The Bertz CT molecular complexity index is 348. The third-order valence-electron chi connectivity index (χ3n) is 2.88. The second-order valence-corrected chi connectivity index (χ2v) is 4.73. The van der Waals surface area contributed by atoms with Gasteiger partial charge < -0.3 is 14.8 Å². The maximum absolute atomic E-state index is 5.71. The molecule has 0 aliphatic carbocycles. The first kappa shape index (κ1) is 16.7. The van der Waals surface area contributed by atoms with E-state index in [9.17, 15) is 0 Å². The highest BCUT2D eigenvalue weighted by Gasteiger charge is 2.05. The van der Waals surface area contributed by atoms with Gasteiger partial charge in [-0.05, 0) is 13.3 Å². The van der Waals surface area contributed by atoms with Crippen LogP contribution in [-0.2, 0) is 11.3 Å². The molecule has 0 atom stereocenters. The zero-order chi connectivity index (χ0) is 14.6. The van der Waals surface area contributed by atoms with E-state index < -0.39 is 0 Å². The van der Waals surface area contributed by atoms with Crippen molar-refractivity contribution in [1.29, 1.82) is 0 Å². The van der Waals surface area contributed by atoms with Gasteiger partial charge in [-0.2, -0.15) is 4.98 Å². The average molecular weight is 281 g/mol. The summed E-state index contributed by atoms with van der Waals surface area (Å²) < 4.78 is 10.8. The molecule has 0 aliphatic rings. The van der Waals surface area contributed by atoms with Crippen molar-refractivity contribution in [2.24, 2.45) is 0 Å². The van der Waals surface area contributed by atoms with Crippen molar-refractivity contribution in [2.45, 2.75) is 52.6 Å². The Morgan fingerprint density at radius 1 is 1.10 bits per heavy atom. The highest BCUT2D eigenvalue weighted by Crippen LogP contribution is 2.15. The zero-order valence-corrected chi connectivity index (χ0v) is 12.9. The Hall–Kier alpha value is -1.36. The molecule has 0 fully saturated rings. The molecule has 0 aliphatic heterocycles. The molecule has 0 amide bonds. The maximum atomic E-state index is 5.71. The van der Waals surface area contributed by atoms with E-state index >= 15 is 0 Å². The van der Waals surface area contributed by atoms with Gasteiger partial charge in [-0.1, -0.05) is 32.6 Å². The predicted molar refractivity (Wildman–Crippen MR) is 81.2 cm³/mol. The van der Waals surface area contributed by atoms with Crippen molar-refractivity contribution in [2.75, 3.05) is 25.6 Å². The van der Waals surface area contributed by atoms with Gasteiger partial charge in [0.1, 0.15) is 12.4 Å². The summed E-state index contributed by atoms with van der Waals surface area (Å²) in [6, 6.07) is 1.84.